The van der Waals surface area contributed by atoms with E-state index in [1.54, 1.807) is 6.92 Å². The van der Waals surface area contributed by atoms with Crippen molar-refractivity contribution >= 4 is 22.5 Å². The first kappa shape index (κ1) is 12.5. The fourth-order valence-corrected chi connectivity index (χ4v) is 2.74. The van der Waals surface area contributed by atoms with Crippen LogP contribution in [0.1, 0.15) is 37.5 Å². The first-order valence-electron chi connectivity index (χ1n) is 6.02. The predicted octanol–water partition coefficient (Wildman–Crippen LogP) is 4.07. The molecule has 1 atom stereocenters. The van der Waals surface area contributed by atoms with Gasteiger partial charge in [-0.2, -0.15) is 0 Å². The Morgan fingerprint density at radius 1 is 1.41 bits per heavy atom. The Labute approximate surface area is 107 Å². The molecule has 1 unspecified atom stereocenters. The van der Waals surface area contributed by atoms with Crippen molar-refractivity contribution in [2.75, 3.05) is 0 Å². The fourth-order valence-electron chi connectivity index (χ4n) is 2.30. The summed E-state index contributed by atoms with van der Waals surface area (Å²) in [6, 6.07) is 6.25. The van der Waals surface area contributed by atoms with E-state index in [2.05, 4.69) is 36.6 Å². The number of fused-ring (bicyclic) bond motifs is 1. The first-order chi connectivity index (χ1) is 8.06. The summed E-state index contributed by atoms with van der Waals surface area (Å²) in [7, 11) is 0. The second kappa shape index (κ2) is 4.71. The van der Waals surface area contributed by atoms with Crippen LogP contribution < -0.4 is 0 Å². The molecule has 92 valence electrons. The standard InChI is InChI=1S/C14H18ClNO/c1-4-7-16-12-6-5-9(2)8-11(12)13(10(3)17)14(16)15/h5-6,8,10,17H,4,7H2,1-3H3. The Kier molecular flexibility index (Phi) is 3.45. The number of aromatic nitrogens is 1. The van der Waals surface area contributed by atoms with Crippen molar-refractivity contribution in [3.05, 3.63) is 34.5 Å². The molecule has 0 fully saturated rings. The highest BCUT2D eigenvalue weighted by Gasteiger charge is 2.18. The van der Waals surface area contributed by atoms with E-state index in [1.807, 2.05) is 0 Å². The molecule has 1 N–H and O–H groups in total. The van der Waals surface area contributed by atoms with Gasteiger partial charge in [0.05, 0.1) is 6.10 Å². The fraction of sp³-hybridized carbons (Fsp3) is 0.429. The Morgan fingerprint density at radius 2 is 2.12 bits per heavy atom. The van der Waals surface area contributed by atoms with Gasteiger partial charge in [-0.1, -0.05) is 30.2 Å². The van der Waals surface area contributed by atoms with Crippen LogP contribution in [0.4, 0.5) is 0 Å². The Bertz CT molecular complexity index is 543. The molecule has 1 aromatic heterocycles. The smallest absolute Gasteiger partial charge is 0.115 e. The summed E-state index contributed by atoms with van der Waals surface area (Å²) in [5.74, 6) is 0. The zero-order valence-electron chi connectivity index (χ0n) is 10.5. The second-order valence-corrected chi connectivity index (χ2v) is 4.91. The first-order valence-corrected chi connectivity index (χ1v) is 6.40. The molecule has 0 amide bonds. The molecule has 0 aliphatic carbocycles. The topological polar surface area (TPSA) is 25.2 Å². The third-order valence-electron chi connectivity index (χ3n) is 3.06. The molecule has 0 saturated heterocycles. The van der Waals surface area contributed by atoms with E-state index >= 15 is 0 Å². The van der Waals surface area contributed by atoms with Gasteiger partial charge in [-0.05, 0) is 32.4 Å². The summed E-state index contributed by atoms with van der Waals surface area (Å²) >= 11 is 6.38. The molecule has 17 heavy (non-hydrogen) atoms. The zero-order chi connectivity index (χ0) is 12.6. The quantitative estimate of drug-likeness (QED) is 0.874. The van der Waals surface area contributed by atoms with Crippen LogP contribution in [0.3, 0.4) is 0 Å². The second-order valence-electron chi connectivity index (χ2n) is 4.55. The van der Waals surface area contributed by atoms with Gasteiger partial charge in [0.15, 0.2) is 0 Å². The van der Waals surface area contributed by atoms with Crippen LogP contribution in [-0.4, -0.2) is 9.67 Å². The minimum absolute atomic E-state index is 0.537. The number of hydrogen-bond acceptors (Lipinski definition) is 1. The van der Waals surface area contributed by atoms with Crippen LogP contribution in [0.15, 0.2) is 18.2 Å². The molecule has 1 heterocycles. The van der Waals surface area contributed by atoms with Gasteiger partial charge in [-0.25, -0.2) is 0 Å². The van der Waals surface area contributed by atoms with Crippen LogP contribution in [0, 0.1) is 6.92 Å². The van der Waals surface area contributed by atoms with Crippen LogP contribution in [-0.2, 0) is 6.54 Å². The maximum atomic E-state index is 9.88. The van der Waals surface area contributed by atoms with Gasteiger partial charge >= 0.3 is 0 Å². The van der Waals surface area contributed by atoms with Crippen LogP contribution in [0.2, 0.25) is 5.15 Å². The number of aliphatic hydroxyl groups excluding tert-OH is 1. The number of aryl methyl sites for hydroxylation is 2. The lowest BCUT2D eigenvalue weighted by Crippen LogP contribution is -1.97. The third kappa shape index (κ3) is 2.07. The maximum Gasteiger partial charge on any atom is 0.115 e. The van der Waals surface area contributed by atoms with Gasteiger partial charge in [0, 0.05) is 23.0 Å². The lowest BCUT2D eigenvalue weighted by molar-refractivity contribution is 0.200. The van der Waals surface area contributed by atoms with Gasteiger partial charge in [0.1, 0.15) is 5.15 Å². The Balaban J connectivity index is 2.78. The van der Waals surface area contributed by atoms with Crippen molar-refractivity contribution in [1.29, 1.82) is 0 Å². The van der Waals surface area contributed by atoms with E-state index in [9.17, 15) is 5.11 Å². The van der Waals surface area contributed by atoms with E-state index in [1.165, 1.54) is 5.56 Å². The van der Waals surface area contributed by atoms with E-state index in [4.69, 9.17) is 11.6 Å². The van der Waals surface area contributed by atoms with E-state index in [0.717, 1.165) is 29.4 Å². The molecule has 0 aliphatic rings. The largest absolute Gasteiger partial charge is 0.389 e. The summed E-state index contributed by atoms with van der Waals surface area (Å²) in [6.45, 7) is 6.82. The lowest BCUT2D eigenvalue weighted by atomic mass is 10.1. The highest BCUT2D eigenvalue weighted by Crippen LogP contribution is 2.35. The molecule has 2 aromatic rings. The van der Waals surface area contributed by atoms with Crippen molar-refractivity contribution in [2.45, 2.75) is 39.8 Å². The van der Waals surface area contributed by atoms with Gasteiger partial charge < -0.3 is 9.67 Å². The molecule has 0 saturated carbocycles. The van der Waals surface area contributed by atoms with Crippen LogP contribution in [0.25, 0.3) is 10.9 Å². The van der Waals surface area contributed by atoms with Crippen molar-refractivity contribution in [1.82, 2.24) is 4.57 Å². The highest BCUT2D eigenvalue weighted by atomic mass is 35.5. The third-order valence-corrected chi connectivity index (χ3v) is 3.46. The molecule has 0 bridgehead atoms. The average molecular weight is 252 g/mol. The number of nitrogens with zero attached hydrogens (tertiary/aromatic N) is 1. The molecular formula is C14H18ClNO. The summed E-state index contributed by atoms with van der Waals surface area (Å²) in [5.41, 5.74) is 3.14. The molecule has 1 aromatic carbocycles. The van der Waals surface area contributed by atoms with E-state index < -0.39 is 6.10 Å². The lowest BCUT2D eigenvalue weighted by Gasteiger charge is -2.05. The number of halogens is 1. The molecular weight excluding hydrogens is 234 g/mol. The van der Waals surface area contributed by atoms with Crippen molar-refractivity contribution in [3.63, 3.8) is 0 Å². The predicted molar refractivity (Wildman–Crippen MR) is 72.6 cm³/mol. The monoisotopic (exact) mass is 251 g/mol. The number of benzene rings is 1. The van der Waals surface area contributed by atoms with Crippen molar-refractivity contribution in [2.24, 2.45) is 0 Å². The zero-order valence-corrected chi connectivity index (χ0v) is 11.3. The molecule has 2 rings (SSSR count). The Hall–Kier alpha value is -0.990. The number of aliphatic hydroxyl groups is 1. The van der Waals surface area contributed by atoms with Crippen LogP contribution in [0.5, 0.6) is 0 Å². The molecule has 3 heteroatoms. The van der Waals surface area contributed by atoms with Crippen LogP contribution >= 0.6 is 11.6 Å². The SMILES string of the molecule is CCCn1c(Cl)c(C(C)O)c2cc(C)ccc21. The normalized spacial score (nSPS) is 13.2. The molecule has 0 aliphatic heterocycles. The maximum absolute atomic E-state index is 9.88. The molecule has 0 spiro atoms. The summed E-state index contributed by atoms with van der Waals surface area (Å²) in [6.07, 6.45) is 0.487. The van der Waals surface area contributed by atoms with E-state index in [-0.39, 0.29) is 0 Å². The van der Waals surface area contributed by atoms with Gasteiger partial charge in [-0.3, -0.25) is 0 Å². The van der Waals surface area contributed by atoms with Gasteiger partial charge in [0.2, 0.25) is 0 Å². The summed E-state index contributed by atoms with van der Waals surface area (Å²) in [5, 5.41) is 11.6. The van der Waals surface area contributed by atoms with Crippen molar-refractivity contribution in [3.8, 4) is 0 Å². The Morgan fingerprint density at radius 3 is 2.71 bits per heavy atom. The minimum atomic E-state index is -0.537. The van der Waals surface area contributed by atoms with Gasteiger partial charge in [-0.15, -0.1) is 0 Å². The highest BCUT2D eigenvalue weighted by molar-refractivity contribution is 6.32. The summed E-state index contributed by atoms with van der Waals surface area (Å²) < 4.78 is 2.08. The summed E-state index contributed by atoms with van der Waals surface area (Å²) in [4.78, 5) is 0. The number of rotatable bonds is 3. The molecule has 0 radical (unpaired) electrons. The van der Waals surface area contributed by atoms with Crippen molar-refractivity contribution < 1.29 is 5.11 Å². The number of hydrogen-bond donors (Lipinski definition) is 1. The van der Waals surface area contributed by atoms with Gasteiger partial charge in [0.25, 0.3) is 0 Å². The molecule has 2 nitrogen and oxygen atoms in total. The minimum Gasteiger partial charge on any atom is -0.389 e. The van der Waals surface area contributed by atoms with E-state index in [0.29, 0.717) is 5.15 Å². The average Bonchev–Trinajstić information content (AvgIpc) is 2.52.